The lowest BCUT2D eigenvalue weighted by Gasteiger charge is -2.29. The Morgan fingerprint density at radius 1 is 1.43 bits per heavy atom. The molecule has 2 rings (SSSR count). The molecule has 0 bridgehead atoms. The number of alkyl halides is 3. The summed E-state index contributed by atoms with van der Waals surface area (Å²) in [4.78, 5) is 24.6. The van der Waals surface area contributed by atoms with E-state index in [9.17, 15) is 28.0 Å². The van der Waals surface area contributed by atoms with Crippen LogP contribution in [0.15, 0.2) is 24.3 Å². The highest BCUT2D eigenvalue weighted by Gasteiger charge is 2.41. The van der Waals surface area contributed by atoms with Crippen molar-refractivity contribution < 1.29 is 28.0 Å². The molecule has 2 N–H and O–H groups in total. The Morgan fingerprint density at radius 2 is 2.09 bits per heavy atom. The minimum absolute atomic E-state index is 0.0506. The molecule has 0 fully saturated rings. The van der Waals surface area contributed by atoms with E-state index in [1.165, 1.54) is 25.1 Å². The number of benzene rings is 1. The van der Waals surface area contributed by atoms with E-state index in [0.29, 0.717) is 10.6 Å². The smallest absolute Gasteiger partial charge is 0.381 e. The van der Waals surface area contributed by atoms with Crippen LogP contribution in [0.1, 0.15) is 13.3 Å². The Labute approximate surface area is 130 Å². The van der Waals surface area contributed by atoms with Gasteiger partial charge in [0.15, 0.2) is 6.04 Å². The number of fused-ring (bicyclic) bond motifs is 1. The molecular weight excluding hydrogens is 315 g/mol. The Hall–Kier alpha value is -2.29. The van der Waals surface area contributed by atoms with Gasteiger partial charge in [0.25, 0.3) is 5.91 Å². The number of anilines is 2. The summed E-state index contributed by atoms with van der Waals surface area (Å²) >= 11 is 0. The van der Waals surface area contributed by atoms with Crippen molar-refractivity contribution in [1.29, 1.82) is 0 Å². The molecule has 1 aliphatic heterocycles. The molecule has 2 amide bonds. The lowest BCUT2D eigenvalue weighted by Crippen LogP contribution is -2.53. The van der Waals surface area contributed by atoms with E-state index in [1.54, 1.807) is 6.07 Å². The van der Waals surface area contributed by atoms with Gasteiger partial charge in [-0.2, -0.15) is 13.2 Å². The van der Waals surface area contributed by atoms with Crippen LogP contribution in [0.25, 0.3) is 0 Å². The molecule has 6 nitrogen and oxygen atoms in total. The standard InChI is InChI=1S/C14H16F3N3O3/c1-2-12(21)20(23)11-7-18-9-5-3-4-6-10(9)19(13(11)22)8-14(15,16)17/h3-6,11,18,23H,2,7-8H2,1H3/t11-/m0/s1. The highest BCUT2D eigenvalue weighted by atomic mass is 19.4. The topological polar surface area (TPSA) is 72.9 Å². The van der Waals surface area contributed by atoms with Crippen molar-refractivity contribution in [1.82, 2.24) is 5.06 Å². The van der Waals surface area contributed by atoms with E-state index < -0.39 is 30.6 Å². The first-order valence-electron chi connectivity index (χ1n) is 6.96. The number of hydroxylamine groups is 2. The molecule has 1 aliphatic rings. The van der Waals surface area contributed by atoms with Crippen LogP contribution in [0.2, 0.25) is 0 Å². The summed E-state index contributed by atoms with van der Waals surface area (Å²) in [5.74, 6) is -1.74. The summed E-state index contributed by atoms with van der Waals surface area (Å²) in [6.07, 6.45) is -4.70. The van der Waals surface area contributed by atoms with E-state index in [2.05, 4.69) is 5.32 Å². The van der Waals surface area contributed by atoms with Gasteiger partial charge in [0.05, 0.1) is 11.4 Å². The van der Waals surface area contributed by atoms with Gasteiger partial charge >= 0.3 is 6.18 Å². The molecule has 0 aromatic heterocycles. The number of para-hydroxylation sites is 2. The van der Waals surface area contributed by atoms with E-state index in [-0.39, 0.29) is 23.7 Å². The number of carbonyl (C=O) groups excluding carboxylic acids is 2. The van der Waals surface area contributed by atoms with Gasteiger partial charge in [-0.25, -0.2) is 5.06 Å². The number of carbonyl (C=O) groups is 2. The molecule has 126 valence electrons. The summed E-state index contributed by atoms with van der Waals surface area (Å²) < 4.78 is 38.5. The van der Waals surface area contributed by atoms with Gasteiger partial charge < -0.3 is 5.32 Å². The van der Waals surface area contributed by atoms with Crippen molar-refractivity contribution in [2.24, 2.45) is 0 Å². The molecule has 1 aromatic carbocycles. The first-order valence-corrected chi connectivity index (χ1v) is 6.96. The molecule has 0 aliphatic carbocycles. The lowest BCUT2D eigenvalue weighted by atomic mass is 10.2. The minimum atomic E-state index is -4.62. The highest BCUT2D eigenvalue weighted by Crippen LogP contribution is 2.32. The fourth-order valence-electron chi connectivity index (χ4n) is 2.32. The Balaban J connectivity index is 2.41. The zero-order valence-corrected chi connectivity index (χ0v) is 12.3. The van der Waals surface area contributed by atoms with Crippen molar-refractivity contribution in [3.05, 3.63) is 24.3 Å². The molecular formula is C14H16F3N3O3. The summed E-state index contributed by atoms with van der Waals surface area (Å²) in [5.41, 5.74) is 0.375. The largest absolute Gasteiger partial charge is 0.406 e. The van der Waals surface area contributed by atoms with E-state index in [0.717, 1.165) is 0 Å². The molecule has 9 heteroatoms. The van der Waals surface area contributed by atoms with Crippen molar-refractivity contribution in [3.63, 3.8) is 0 Å². The predicted molar refractivity (Wildman–Crippen MR) is 76.1 cm³/mol. The minimum Gasteiger partial charge on any atom is -0.381 e. The second-order valence-corrected chi connectivity index (χ2v) is 5.05. The van der Waals surface area contributed by atoms with E-state index in [1.807, 2.05) is 0 Å². The third-order valence-electron chi connectivity index (χ3n) is 3.42. The van der Waals surface area contributed by atoms with Crippen LogP contribution in [0.5, 0.6) is 0 Å². The van der Waals surface area contributed by atoms with Crippen LogP contribution in [0.3, 0.4) is 0 Å². The maximum absolute atomic E-state index is 12.8. The molecule has 0 saturated carbocycles. The second kappa shape index (κ2) is 6.45. The van der Waals surface area contributed by atoms with Gasteiger partial charge in [-0.1, -0.05) is 19.1 Å². The average Bonchev–Trinajstić information content (AvgIpc) is 2.63. The first-order chi connectivity index (χ1) is 10.7. The number of amides is 2. The van der Waals surface area contributed by atoms with Crippen molar-refractivity contribution in [2.75, 3.05) is 23.3 Å². The van der Waals surface area contributed by atoms with E-state index in [4.69, 9.17) is 0 Å². The fraction of sp³-hybridized carbons (Fsp3) is 0.429. The zero-order valence-electron chi connectivity index (χ0n) is 12.3. The van der Waals surface area contributed by atoms with Crippen LogP contribution >= 0.6 is 0 Å². The Bertz CT molecular complexity index is 606. The molecule has 1 heterocycles. The quantitative estimate of drug-likeness (QED) is 0.656. The molecule has 1 aromatic rings. The SMILES string of the molecule is CCC(=O)N(O)[C@H]1CNc2ccccc2N(CC(F)(F)F)C1=O. The number of hydrogen-bond donors (Lipinski definition) is 2. The van der Waals surface area contributed by atoms with Crippen LogP contribution < -0.4 is 10.2 Å². The molecule has 1 atom stereocenters. The first kappa shape index (κ1) is 17.1. The number of halogens is 3. The molecule has 0 unspecified atom stereocenters. The normalized spacial score (nSPS) is 18.0. The third-order valence-corrected chi connectivity index (χ3v) is 3.42. The van der Waals surface area contributed by atoms with Gasteiger partial charge in [-0.15, -0.1) is 0 Å². The van der Waals surface area contributed by atoms with Gasteiger partial charge in [0.2, 0.25) is 5.91 Å². The summed E-state index contributed by atoms with van der Waals surface area (Å²) in [7, 11) is 0. The monoisotopic (exact) mass is 331 g/mol. The fourth-order valence-corrected chi connectivity index (χ4v) is 2.32. The molecule has 0 saturated heterocycles. The van der Waals surface area contributed by atoms with Gasteiger partial charge in [-0.05, 0) is 12.1 Å². The van der Waals surface area contributed by atoms with Gasteiger partial charge in [0, 0.05) is 13.0 Å². The predicted octanol–water partition coefficient (Wildman–Crippen LogP) is 2.00. The third kappa shape index (κ3) is 3.73. The highest BCUT2D eigenvalue weighted by molar-refractivity contribution is 6.03. The molecule has 0 spiro atoms. The number of hydrogen-bond acceptors (Lipinski definition) is 4. The van der Waals surface area contributed by atoms with Crippen molar-refractivity contribution in [2.45, 2.75) is 25.6 Å². The zero-order chi connectivity index (χ0) is 17.2. The van der Waals surface area contributed by atoms with Gasteiger partial charge in [-0.3, -0.25) is 19.7 Å². The summed E-state index contributed by atoms with van der Waals surface area (Å²) in [5, 5.41) is 12.8. The summed E-state index contributed by atoms with van der Waals surface area (Å²) in [6, 6.07) is 4.58. The van der Waals surface area contributed by atoms with Crippen LogP contribution in [0, 0.1) is 0 Å². The maximum atomic E-state index is 12.8. The lowest BCUT2D eigenvalue weighted by molar-refractivity contribution is -0.178. The number of rotatable bonds is 3. The second-order valence-electron chi connectivity index (χ2n) is 5.05. The average molecular weight is 331 g/mol. The summed E-state index contributed by atoms with van der Waals surface area (Å²) in [6.45, 7) is -0.218. The van der Waals surface area contributed by atoms with Gasteiger partial charge in [0.1, 0.15) is 6.54 Å². The maximum Gasteiger partial charge on any atom is 0.406 e. The van der Waals surface area contributed by atoms with Crippen LogP contribution in [-0.2, 0) is 9.59 Å². The van der Waals surface area contributed by atoms with Crippen molar-refractivity contribution >= 4 is 23.2 Å². The van der Waals surface area contributed by atoms with E-state index >= 15 is 0 Å². The molecule has 23 heavy (non-hydrogen) atoms. The van der Waals surface area contributed by atoms with Crippen molar-refractivity contribution in [3.8, 4) is 0 Å². The Morgan fingerprint density at radius 3 is 2.70 bits per heavy atom. The van der Waals surface area contributed by atoms with Crippen LogP contribution in [0.4, 0.5) is 24.5 Å². The van der Waals surface area contributed by atoms with Crippen LogP contribution in [-0.4, -0.2) is 47.4 Å². The molecule has 0 radical (unpaired) electrons. The number of nitrogens with zero attached hydrogens (tertiary/aromatic N) is 2. The Kier molecular flexibility index (Phi) is 4.79. The number of nitrogens with one attached hydrogen (secondary N) is 1.